The lowest BCUT2D eigenvalue weighted by atomic mass is 10.1. The van der Waals surface area contributed by atoms with Gasteiger partial charge in [0, 0.05) is 23.6 Å². The molecule has 168 valence electrons. The Hall–Kier alpha value is -3.65. The fraction of sp³-hybridized carbons (Fsp3) is 0.200. The molecule has 0 aliphatic heterocycles. The summed E-state index contributed by atoms with van der Waals surface area (Å²) in [4.78, 5) is 16.8. The Morgan fingerprint density at radius 1 is 1.06 bits per heavy atom. The second-order valence-corrected chi connectivity index (χ2v) is 8.24. The van der Waals surface area contributed by atoms with E-state index >= 15 is 0 Å². The molecule has 0 aliphatic carbocycles. The van der Waals surface area contributed by atoms with Crippen LogP contribution in [0.15, 0.2) is 84.3 Å². The monoisotopic (exact) mass is 459 g/mol. The Bertz CT molecular complexity index is 1180. The van der Waals surface area contributed by atoms with Gasteiger partial charge in [-0.3, -0.25) is 14.3 Å². The maximum absolute atomic E-state index is 12.6. The van der Waals surface area contributed by atoms with Crippen LogP contribution in [0.25, 0.3) is 17.1 Å². The molecule has 1 atom stereocenters. The van der Waals surface area contributed by atoms with E-state index in [-0.39, 0.29) is 17.7 Å². The van der Waals surface area contributed by atoms with Crippen LogP contribution in [0, 0.1) is 0 Å². The standard InChI is InChI=1S/C25H25N5O2S/c1-3-32-22-13-11-21(12-14-22)30-24(20-10-7-15-26-16-20)28-29-25(30)33-17-23(31)27-18(2)19-8-5-4-6-9-19/h4-16,18H,3,17H2,1-2H3,(H,27,31)/t18-/m0/s1. The summed E-state index contributed by atoms with van der Waals surface area (Å²) >= 11 is 1.34. The van der Waals surface area contributed by atoms with Crippen molar-refractivity contribution in [3.05, 3.63) is 84.7 Å². The highest BCUT2D eigenvalue weighted by Crippen LogP contribution is 2.28. The van der Waals surface area contributed by atoms with Crippen molar-refractivity contribution in [1.82, 2.24) is 25.1 Å². The summed E-state index contributed by atoms with van der Waals surface area (Å²) in [5.74, 6) is 1.61. The van der Waals surface area contributed by atoms with Gasteiger partial charge in [0.2, 0.25) is 5.91 Å². The number of ether oxygens (including phenoxy) is 1. The molecule has 2 aromatic carbocycles. The Morgan fingerprint density at radius 2 is 1.85 bits per heavy atom. The van der Waals surface area contributed by atoms with E-state index in [0.29, 0.717) is 17.6 Å². The molecular formula is C25H25N5O2S. The van der Waals surface area contributed by atoms with Crippen molar-refractivity contribution in [1.29, 1.82) is 0 Å². The number of nitrogens with one attached hydrogen (secondary N) is 1. The van der Waals surface area contributed by atoms with Crippen molar-refractivity contribution in [2.24, 2.45) is 0 Å². The van der Waals surface area contributed by atoms with Gasteiger partial charge in [-0.05, 0) is 55.8 Å². The third-order valence-electron chi connectivity index (χ3n) is 4.97. The maximum Gasteiger partial charge on any atom is 0.230 e. The lowest BCUT2D eigenvalue weighted by Crippen LogP contribution is -2.28. The van der Waals surface area contributed by atoms with E-state index in [9.17, 15) is 4.79 Å². The molecule has 0 radical (unpaired) electrons. The molecule has 0 fully saturated rings. The summed E-state index contributed by atoms with van der Waals surface area (Å²) in [5, 5.41) is 12.4. The lowest BCUT2D eigenvalue weighted by molar-refractivity contribution is -0.119. The zero-order valence-corrected chi connectivity index (χ0v) is 19.3. The second-order valence-electron chi connectivity index (χ2n) is 7.30. The largest absolute Gasteiger partial charge is 0.494 e. The summed E-state index contributed by atoms with van der Waals surface area (Å²) in [6.07, 6.45) is 3.47. The van der Waals surface area contributed by atoms with Crippen molar-refractivity contribution >= 4 is 17.7 Å². The summed E-state index contributed by atoms with van der Waals surface area (Å²) in [6, 6.07) is 21.3. The van der Waals surface area contributed by atoms with Gasteiger partial charge in [0.1, 0.15) is 5.75 Å². The number of thioether (sulfide) groups is 1. The predicted octanol–water partition coefficient (Wildman–Crippen LogP) is 4.70. The number of amides is 1. The first-order valence-electron chi connectivity index (χ1n) is 10.7. The van der Waals surface area contributed by atoms with E-state index in [0.717, 1.165) is 22.6 Å². The van der Waals surface area contributed by atoms with Crippen molar-refractivity contribution < 1.29 is 9.53 Å². The van der Waals surface area contributed by atoms with Gasteiger partial charge in [-0.2, -0.15) is 0 Å². The first-order chi connectivity index (χ1) is 16.2. The zero-order chi connectivity index (χ0) is 23.0. The summed E-state index contributed by atoms with van der Waals surface area (Å²) in [5.41, 5.74) is 2.78. The van der Waals surface area contributed by atoms with Crippen LogP contribution in [-0.2, 0) is 4.79 Å². The van der Waals surface area contributed by atoms with Gasteiger partial charge in [-0.1, -0.05) is 42.1 Å². The van der Waals surface area contributed by atoms with E-state index in [1.165, 1.54) is 11.8 Å². The van der Waals surface area contributed by atoms with E-state index in [1.54, 1.807) is 12.4 Å². The minimum Gasteiger partial charge on any atom is -0.494 e. The molecule has 4 aromatic rings. The van der Waals surface area contributed by atoms with Crippen LogP contribution in [0.3, 0.4) is 0 Å². The zero-order valence-electron chi connectivity index (χ0n) is 18.5. The van der Waals surface area contributed by atoms with Crippen LogP contribution in [0.5, 0.6) is 5.75 Å². The van der Waals surface area contributed by atoms with E-state index in [2.05, 4.69) is 20.5 Å². The molecule has 7 nitrogen and oxygen atoms in total. The van der Waals surface area contributed by atoms with Gasteiger partial charge in [-0.15, -0.1) is 10.2 Å². The SMILES string of the molecule is CCOc1ccc(-n2c(SCC(=O)N[C@@H](C)c3ccccc3)nnc2-c2cccnc2)cc1. The third kappa shape index (κ3) is 5.59. The van der Waals surface area contributed by atoms with Gasteiger partial charge >= 0.3 is 0 Å². The highest BCUT2D eigenvalue weighted by Gasteiger charge is 2.18. The molecule has 0 saturated carbocycles. The molecule has 0 spiro atoms. The second kappa shape index (κ2) is 10.8. The molecule has 0 unspecified atom stereocenters. The van der Waals surface area contributed by atoms with Crippen LogP contribution >= 0.6 is 11.8 Å². The Morgan fingerprint density at radius 3 is 2.55 bits per heavy atom. The maximum atomic E-state index is 12.6. The molecule has 8 heteroatoms. The fourth-order valence-corrected chi connectivity index (χ4v) is 4.14. The van der Waals surface area contributed by atoms with Crippen LogP contribution < -0.4 is 10.1 Å². The van der Waals surface area contributed by atoms with Crippen molar-refractivity contribution in [2.75, 3.05) is 12.4 Å². The number of hydrogen-bond donors (Lipinski definition) is 1. The van der Waals surface area contributed by atoms with Crippen LogP contribution in [0.4, 0.5) is 0 Å². The van der Waals surface area contributed by atoms with E-state index < -0.39 is 0 Å². The number of nitrogens with zero attached hydrogens (tertiary/aromatic N) is 4. The Labute approximate surface area is 197 Å². The highest BCUT2D eigenvalue weighted by atomic mass is 32.2. The number of carbonyl (C=O) groups is 1. The van der Waals surface area contributed by atoms with Gasteiger partial charge < -0.3 is 10.1 Å². The van der Waals surface area contributed by atoms with Gasteiger partial charge in [0.15, 0.2) is 11.0 Å². The average molecular weight is 460 g/mol. The molecule has 0 aliphatic rings. The van der Waals surface area contributed by atoms with Crippen LogP contribution in [0.1, 0.15) is 25.5 Å². The molecule has 1 amide bonds. The molecule has 4 rings (SSSR count). The third-order valence-corrected chi connectivity index (χ3v) is 5.90. The predicted molar refractivity (Wildman–Crippen MR) is 129 cm³/mol. The minimum atomic E-state index is -0.0748. The summed E-state index contributed by atoms with van der Waals surface area (Å²) < 4.78 is 7.50. The molecule has 2 heterocycles. The molecule has 33 heavy (non-hydrogen) atoms. The van der Waals surface area contributed by atoms with E-state index in [4.69, 9.17) is 4.74 Å². The van der Waals surface area contributed by atoms with Crippen molar-refractivity contribution in [2.45, 2.75) is 25.0 Å². The van der Waals surface area contributed by atoms with Crippen LogP contribution in [0.2, 0.25) is 0 Å². The number of benzene rings is 2. The summed E-state index contributed by atoms with van der Waals surface area (Å²) in [7, 11) is 0. The number of carbonyl (C=O) groups excluding carboxylic acids is 1. The van der Waals surface area contributed by atoms with Crippen LogP contribution in [-0.4, -0.2) is 38.0 Å². The van der Waals surface area contributed by atoms with Crippen molar-refractivity contribution in [3.63, 3.8) is 0 Å². The highest BCUT2D eigenvalue weighted by molar-refractivity contribution is 7.99. The van der Waals surface area contributed by atoms with E-state index in [1.807, 2.05) is 85.1 Å². The number of hydrogen-bond acceptors (Lipinski definition) is 6. The van der Waals surface area contributed by atoms with Gasteiger partial charge in [0.25, 0.3) is 0 Å². The van der Waals surface area contributed by atoms with Gasteiger partial charge in [0.05, 0.1) is 18.4 Å². The number of rotatable bonds is 9. The smallest absolute Gasteiger partial charge is 0.230 e. The molecule has 0 saturated heterocycles. The molecule has 0 bridgehead atoms. The molecule has 1 N–H and O–H groups in total. The normalized spacial score (nSPS) is 11.7. The minimum absolute atomic E-state index is 0.0690. The fourth-order valence-electron chi connectivity index (χ4n) is 3.37. The first kappa shape index (κ1) is 22.5. The summed E-state index contributed by atoms with van der Waals surface area (Å²) in [6.45, 7) is 4.53. The lowest BCUT2D eigenvalue weighted by Gasteiger charge is -2.14. The average Bonchev–Trinajstić information content (AvgIpc) is 3.28. The quantitative estimate of drug-likeness (QED) is 0.366. The molecule has 2 aromatic heterocycles. The molecular weight excluding hydrogens is 434 g/mol. The Kier molecular flexibility index (Phi) is 7.36. The number of pyridine rings is 1. The van der Waals surface area contributed by atoms with Gasteiger partial charge in [-0.25, -0.2) is 0 Å². The number of aromatic nitrogens is 4. The Balaban J connectivity index is 1.55. The van der Waals surface area contributed by atoms with Crippen molar-refractivity contribution in [3.8, 4) is 22.8 Å². The topological polar surface area (TPSA) is 81.9 Å². The first-order valence-corrected chi connectivity index (χ1v) is 11.7.